The van der Waals surface area contributed by atoms with Crippen LogP contribution in [0.15, 0.2) is 12.1 Å². The van der Waals surface area contributed by atoms with Crippen molar-refractivity contribution in [2.45, 2.75) is 32.7 Å². The molecule has 0 aliphatic carbocycles. The van der Waals surface area contributed by atoms with Crippen LogP contribution in [0.5, 0.6) is 11.5 Å². The van der Waals surface area contributed by atoms with Gasteiger partial charge < -0.3 is 14.8 Å². The molecule has 0 saturated carbocycles. The van der Waals surface area contributed by atoms with E-state index in [0.29, 0.717) is 6.04 Å². The van der Waals surface area contributed by atoms with E-state index in [-0.39, 0.29) is 0 Å². The van der Waals surface area contributed by atoms with E-state index in [1.807, 2.05) is 20.0 Å². The fraction of sp³-hybridized carbons (Fsp3) is 0.571. The third-order valence-electron chi connectivity index (χ3n) is 3.23. The summed E-state index contributed by atoms with van der Waals surface area (Å²) < 4.78 is 10.8. The standard InChI is InChI=1S/C14H23NO2/c1-6-12(15-3)9-11-7-8-13(16-4)10(2)14(11)17-5/h7-8,12,15H,6,9H2,1-5H3. The number of hydrogen-bond donors (Lipinski definition) is 1. The van der Waals surface area contributed by atoms with Gasteiger partial charge in [-0.15, -0.1) is 0 Å². The van der Waals surface area contributed by atoms with Gasteiger partial charge in [-0.3, -0.25) is 0 Å². The molecule has 3 nitrogen and oxygen atoms in total. The van der Waals surface area contributed by atoms with E-state index in [0.717, 1.165) is 29.9 Å². The van der Waals surface area contributed by atoms with Crippen molar-refractivity contribution >= 4 is 0 Å². The SMILES string of the molecule is CCC(Cc1ccc(OC)c(C)c1OC)NC. The zero-order valence-corrected chi connectivity index (χ0v) is 11.5. The first-order valence-corrected chi connectivity index (χ1v) is 6.05. The number of likely N-dealkylation sites (N-methyl/N-ethyl adjacent to an activating group) is 1. The molecule has 1 aromatic rings. The quantitative estimate of drug-likeness (QED) is 0.825. The summed E-state index contributed by atoms with van der Waals surface area (Å²) in [6.07, 6.45) is 2.08. The molecular weight excluding hydrogens is 214 g/mol. The van der Waals surface area contributed by atoms with Crippen LogP contribution in [0, 0.1) is 6.92 Å². The number of nitrogens with one attached hydrogen (secondary N) is 1. The third-order valence-corrected chi connectivity index (χ3v) is 3.23. The molecule has 1 unspecified atom stereocenters. The van der Waals surface area contributed by atoms with Gasteiger partial charge >= 0.3 is 0 Å². The Morgan fingerprint density at radius 3 is 2.41 bits per heavy atom. The van der Waals surface area contributed by atoms with Crippen molar-refractivity contribution in [1.29, 1.82) is 0 Å². The average molecular weight is 237 g/mol. The number of benzene rings is 1. The molecule has 0 aromatic heterocycles. The van der Waals surface area contributed by atoms with E-state index in [1.165, 1.54) is 5.56 Å². The zero-order valence-electron chi connectivity index (χ0n) is 11.5. The second-order valence-corrected chi connectivity index (χ2v) is 4.18. The Hall–Kier alpha value is -1.22. The van der Waals surface area contributed by atoms with Gasteiger partial charge in [-0.2, -0.15) is 0 Å². The van der Waals surface area contributed by atoms with Crippen molar-refractivity contribution in [3.8, 4) is 11.5 Å². The molecule has 0 fully saturated rings. The van der Waals surface area contributed by atoms with Crippen LogP contribution < -0.4 is 14.8 Å². The monoisotopic (exact) mass is 237 g/mol. The summed E-state index contributed by atoms with van der Waals surface area (Å²) in [6.45, 7) is 4.21. The lowest BCUT2D eigenvalue weighted by Crippen LogP contribution is -2.26. The highest BCUT2D eigenvalue weighted by Crippen LogP contribution is 2.32. The van der Waals surface area contributed by atoms with Crippen molar-refractivity contribution in [3.05, 3.63) is 23.3 Å². The molecule has 0 saturated heterocycles. The Balaban J connectivity index is 3.03. The molecule has 17 heavy (non-hydrogen) atoms. The van der Waals surface area contributed by atoms with Gasteiger partial charge in [-0.05, 0) is 38.4 Å². The van der Waals surface area contributed by atoms with Gasteiger partial charge in [0.1, 0.15) is 11.5 Å². The van der Waals surface area contributed by atoms with E-state index in [9.17, 15) is 0 Å². The van der Waals surface area contributed by atoms with Gasteiger partial charge in [0.05, 0.1) is 14.2 Å². The van der Waals surface area contributed by atoms with Crippen molar-refractivity contribution < 1.29 is 9.47 Å². The average Bonchev–Trinajstić information content (AvgIpc) is 2.36. The Labute approximate surface area is 104 Å². The molecule has 1 rings (SSSR count). The van der Waals surface area contributed by atoms with Crippen LogP contribution in [0.3, 0.4) is 0 Å². The fourth-order valence-corrected chi connectivity index (χ4v) is 2.11. The lowest BCUT2D eigenvalue weighted by Gasteiger charge is -2.18. The maximum Gasteiger partial charge on any atom is 0.128 e. The van der Waals surface area contributed by atoms with Crippen LogP contribution >= 0.6 is 0 Å². The van der Waals surface area contributed by atoms with Gasteiger partial charge in [0, 0.05) is 11.6 Å². The van der Waals surface area contributed by atoms with Crippen molar-refractivity contribution in [3.63, 3.8) is 0 Å². The lowest BCUT2D eigenvalue weighted by molar-refractivity contribution is 0.383. The van der Waals surface area contributed by atoms with Crippen LogP contribution in [-0.4, -0.2) is 27.3 Å². The second kappa shape index (κ2) is 6.50. The van der Waals surface area contributed by atoms with Gasteiger partial charge in [0.15, 0.2) is 0 Å². The van der Waals surface area contributed by atoms with Gasteiger partial charge in [-0.1, -0.05) is 13.0 Å². The maximum absolute atomic E-state index is 5.50. The van der Waals surface area contributed by atoms with Crippen LogP contribution in [-0.2, 0) is 6.42 Å². The second-order valence-electron chi connectivity index (χ2n) is 4.18. The summed E-state index contributed by atoms with van der Waals surface area (Å²) in [5, 5.41) is 3.31. The molecule has 96 valence electrons. The van der Waals surface area contributed by atoms with Gasteiger partial charge in [-0.25, -0.2) is 0 Å². The minimum atomic E-state index is 0.483. The fourth-order valence-electron chi connectivity index (χ4n) is 2.11. The van der Waals surface area contributed by atoms with E-state index in [4.69, 9.17) is 9.47 Å². The summed E-state index contributed by atoms with van der Waals surface area (Å²) in [5.74, 6) is 1.82. The van der Waals surface area contributed by atoms with Crippen LogP contribution in [0.4, 0.5) is 0 Å². The summed E-state index contributed by atoms with van der Waals surface area (Å²) in [5.41, 5.74) is 2.30. The molecule has 0 aliphatic heterocycles. The molecular formula is C14H23NO2. The molecule has 3 heteroatoms. The Morgan fingerprint density at radius 1 is 1.24 bits per heavy atom. The molecule has 0 bridgehead atoms. The molecule has 1 N–H and O–H groups in total. The number of hydrogen-bond acceptors (Lipinski definition) is 3. The van der Waals surface area contributed by atoms with Crippen LogP contribution in [0.2, 0.25) is 0 Å². The maximum atomic E-state index is 5.50. The lowest BCUT2D eigenvalue weighted by atomic mass is 10.0. The van der Waals surface area contributed by atoms with Crippen LogP contribution in [0.25, 0.3) is 0 Å². The number of methoxy groups -OCH3 is 2. The third kappa shape index (κ3) is 3.13. The molecule has 1 aromatic carbocycles. The molecule has 0 amide bonds. The summed E-state index contributed by atoms with van der Waals surface area (Å²) >= 11 is 0. The summed E-state index contributed by atoms with van der Waals surface area (Å²) in [6, 6.07) is 4.58. The number of rotatable bonds is 6. The van der Waals surface area contributed by atoms with Crippen molar-refractivity contribution in [2.75, 3.05) is 21.3 Å². The predicted molar refractivity (Wildman–Crippen MR) is 71.1 cm³/mol. The minimum Gasteiger partial charge on any atom is -0.496 e. The first-order valence-electron chi connectivity index (χ1n) is 6.05. The molecule has 0 radical (unpaired) electrons. The van der Waals surface area contributed by atoms with E-state index in [1.54, 1.807) is 14.2 Å². The van der Waals surface area contributed by atoms with E-state index < -0.39 is 0 Å². The molecule has 1 atom stereocenters. The van der Waals surface area contributed by atoms with Gasteiger partial charge in [0.2, 0.25) is 0 Å². The topological polar surface area (TPSA) is 30.5 Å². The Bertz CT molecular complexity index is 359. The van der Waals surface area contributed by atoms with Crippen molar-refractivity contribution in [2.24, 2.45) is 0 Å². The molecule has 0 heterocycles. The first-order chi connectivity index (χ1) is 8.17. The largest absolute Gasteiger partial charge is 0.496 e. The first kappa shape index (κ1) is 13.8. The zero-order chi connectivity index (χ0) is 12.8. The molecule has 0 spiro atoms. The highest BCUT2D eigenvalue weighted by Gasteiger charge is 2.14. The van der Waals surface area contributed by atoms with E-state index in [2.05, 4.69) is 18.3 Å². The highest BCUT2D eigenvalue weighted by atomic mass is 16.5. The predicted octanol–water partition coefficient (Wildman–Crippen LogP) is 2.55. The Kier molecular flexibility index (Phi) is 5.29. The normalized spacial score (nSPS) is 12.3. The van der Waals surface area contributed by atoms with Crippen LogP contribution in [0.1, 0.15) is 24.5 Å². The smallest absolute Gasteiger partial charge is 0.128 e. The van der Waals surface area contributed by atoms with Crippen molar-refractivity contribution in [1.82, 2.24) is 5.32 Å². The molecule has 0 aliphatic rings. The Morgan fingerprint density at radius 2 is 1.94 bits per heavy atom. The summed E-state index contributed by atoms with van der Waals surface area (Å²) in [7, 11) is 5.40. The highest BCUT2D eigenvalue weighted by molar-refractivity contribution is 5.49. The minimum absolute atomic E-state index is 0.483. The van der Waals surface area contributed by atoms with Gasteiger partial charge in [0.25, 0.3) is 0 Å². The van der Waals surface area contributed by atoms with E-state index >= 15 is 0 Å². The summed E-state index contributed by atoms with van der Waals surface area (Å²) in [4.78, 5) is 0. The number of ether oxygens (including phenoxy) is 2.